The van der Waals surface area contributed by atoms with E-state index in [1.54, 1.807) is 12.1 Å². The molecule has 1 aromatic rings. The summed E-state index contributed by atoms with van der Waals surface area (Å²) in [6.07, 6.45) is 2.26. The summed E-state index contributed by atoms with van der Waals surface area (Å²) in [5.41, 5.74) is 0.839. The maximum Gasteiger partial charge on any atom is 0.273 e. The number of nitrogens with zero attached hydrogens (tertiary/aromatic N) is 1. The van der Waals surface area contributed by atoms with Crippen molar-refractivity contribution in [1.82, 2.24) is 0 Å². The molecule has 0 fully saturated rings. The number of oxime groups is 1. The quantitative estimate of drug-likeness (QED) is 0.497. The second-order valence-corrected chi connectivity index (χ2v) is 4.53. The molecule has 92 valence electrons. The van der Waals surface area contributed by atoms with Crippen molar-refractivity contribution in [3.63, 3.8) is 0 Å². The van der Waals surface area contributed by atoms with Crippen LogP contribution in [0.15, 0.2) is 33.9 Å². The third-order valence-electron chi connectivity index (χ3n) is 2.25. The third kappa shape index (κ3) is 4.56. The molecule has 2 N–H and O–H groups in total. The van der Waals surface area contributed by atoms with Gasteiger partial charge in [-0.15, -0.1) is 0 Å². The molecule has 1 amide bonds. The average molecular weight is 299 g/mol. The summed E-state index contributed by atoms with van der Waals surface area (Å²) in [7, 11) is 0. The van der Waals surface area contributed by atoms with Crippen molar-refractivity contribution in [2.75, 3.05) is 5.32 Å². The number of rotatable bonds is 5. The predicted molar refractivity (Wildman–Crippen MR) is 71.5 cm³/mol. The van der Waals surface area contributed by atoms with Crippen LogP contribution in [-0.2, 0) is 4.79 Å². The average Bonchev–Trinajstić information content (AvgIpc) is 2.33. The number of benzene rings is 1. The lowest BCUT2D eigenvalue weighted by Gasteiger charge is -2.06. The van der Waals surface area contributed by atoms with Crippen molar-refractivity contribution < 1.29 is 10.0 Å². The molecule has 0 aliphatic carbocycles. The highest BCUT2D eigenvalue weighted by Gasteiger charge is 2.11. The summed E-state index contributed by atoms with van der Waals surface area (Å²) < 4.78 is 0.942. The largest absolute Gasteiger partial charge is 0.410 e. The fourth-order valence-corrected chi connectivity index (χ4v) is 1.55. The molecule has 4 nitrogen and oxygen atoms in total. The number of unbranched alkanes of at least 4 members (excludes halogenated alkanes) is 1. The van der Waals surface area contributed by atoms with Gasteiger partial charge in [-0.3, -0.25) is 4.79 Å². The number of hydrogen-bond donors (Lipinski definition) is 2. The molecule has 17 heavy (non-hydrogen) atoms. The van der Waals surface area contributed by atoms with Crippen LogP contribution < -0.4 is 5.32 Å². The summed E-state index contributed by atoms with van der Waals surface area (Å²) >= 11 is 3.31. The van der Waals surface area contributed by atoms with Gasteiger partial charge in [0.25, 0.3) is 5.91 Å². The highest BCUT2D eigenvalue weighted by atomic mass is 79.9. The van der Waals surface area contributed by atoms with Gasteiger partial charge in [-0.2, -0.15) is 0 Å². The van der Waals surface area contributed by atoms with Gasteiger partial charge in [-0.25, -0.2) is 0 Å². The second-order valence-electron chi connectivity index (χ2n) is 3.61. The minimum absolute atomic E-state index is 0.162. The summed E-state index contributed by atoms with van der Waals surface area (Å²) in [5, 5.41) is 14.5. The number of nitrogens with one attached hydrogen (secondary N) is 1. The van der Waals surface area contributed by atoms with E-state index in [0.717, 1.165) is 17.3 Å². The number of carbonyl (C=O) groups is 1. The summed E-state index contributed by atoms with van der Waals surface area (Å²) in [4.78, 5) is 11.7. The molecular weight excluding hydrogens is 284 g/mol. The minimum Gasteiger partial charge on any atom is -0.410 e. The van der Waals surface area contributed by atoms with Crippen molar-refractivity contribution in [1.29, 1.82) is 0 Å². The van der Waals surface area contributed by atoms with Gasteiger partial charge in [0.15, 0.2) is 0 Å². The van der Waals surface area contributed by atoms with Crippen LogP contribution in [0.2, 0.25) is 0 Å². The van der Waals surface area contributed by atoms with Crippen LogP contribution in [-0.4, -0.2) is 16.8 Å². The molecule has 0 spiro atoms. The SMILES string of the molecule is CCCCC(=NO)C(=O)Nc1ccc(Br)cc1. The Kier molecular flexibility index (Phi) is 5.69. The zero-order valence-electron chi connectivity index (χ0n) is 9.61. The van der Waals surface area contributed by atoms with E-state index in [4.69, 9.17) is 5.21 Å². The zero-order valence-corrected chi connectivity index (χ0v) is 11.2. The molecule has 0 saturated heterocycles. The summed E-state index contributed by atoms with van der Waals surface area (Å²) in [5.74, 6) is -0.358. The van der Waals surface area contributed by atoms with Crippen LogP contribution in [0.4, 0.5) is 5.69 Å². The first-order valence-electron chi connectivity index (χ1n) is 5.45. The molecule has 0 saturated carbocycles. The molecule has 1 rings (SSSR count). The van der Waals surface area contributed by atoms with Crippen LogP contribution >= 0.6 is 15.9 Å². The van der Waals surface area contributed by atoms with Crippen molar-refractivity contribution in [2.24, 2.45) is 5.16 Å². The van der Waals surface area contributed by atoms with Crippen molar-refractivity contribution in [2.45, 2.75) is 26.2 Å². The first-order chi connectivity index (χ1) is 8.17. The van der Waals surface area contributed by atoms with E-state index in [0.29, 0.717) is 12.1 Å². The summed E-state index contributed by atoms with van der Waals surface area (Å²) in [6, 6.07) is 7.21. The Hall–Kier alpha value is -1.36. The third-order valence-corrected chi connectivity index (χ3v) is 2.78. The Morgan fingerprint density at radius 2 is 2.06 bits per heavy atom. The smallest absolute Gasteiger partial charge is 0.273 e. The van der Waals surface area contributed by atoms with Gasteiger partial charge >= 0.3 is 0 Å². The van der Waals surface area contributed by atoms with Gasteiger partial charge in [0, 0.05) is 10.2 Å². The van der Waals surface area contributed by atoms with E-state index in [1.807, 2.05) is 19.1 Å². The number of carbonyl (C=O) groups excluding carboxylic acids is 1. The first kappa shape index (κ1) is 13.7. The van der Waals surface area contributed by atoms with Crippen LogP contribution in [0.5, 0.6) is 0 Å². The molecule has 0 aliphatic heterocycles. The molecule has 0 aromatic heterocycles. The van der Waals surface area contributed by atoms with Crippen molar-refractivity contribution in [3.05, 3.63) is 28.7 Å². The fourth-order valence-electron chi connectivity index (χ4n) is 1.29. The molecule has 0 heterocycles. The molecule has 0 unspecified atom stereocenters. The Morgan fingerprint density at radius 1 is 1.41 bits per heavy atom. The molecule has 0 bridgehead atoms. The van der Waals surface area contributed by atoms with E-state index in [9.17, 15) is 4.79 Å². The van der Waals surface area contributed by atoms with Crippen LogP contribution in [0, 0.1) is 0 Å². The van der Waals surface area contributed by atoms with Gasteiger partial charge < -0.3 is 10.5 Å². The van der Waals surface area contributed by atoms with Gasteiger partial charge in [0.2, 0.25) is 0 Å². The fraction of sp³-hybridized carbons (Fsp3) is 0.333. The first-order valence-corrected chi connectivity index (χ1v) is 6.24. The number of anilines is 1. The highest BCUT2D eigenvalue weighted by molar-refractivity contribution is 9.10. The standard InChI is InChI=1S/C12H15BrN2O2/c1-2-3-4-11(15-17)12(16)14-10-7-5-9(13)6-8-10/h5-8,17H,2-4H2,1H3,(H,14,16). The van der Waals surface area contributed by atoms with Crippen LogP contribution in [0.1, 0.15) is 26.2 Å². The molecule has 0 radical (unpaired) electrons. The highest BCUT2D eigenvalue weighted by Crippen LogP contribution is 2.14. The minimum atomic E-state index is -0.358. The predicted octanol–water partition coefficient (Wildman–Crippen LogP) is 3.41. The Balaban J connectivity index is 2.61. The number of hydrogen-bond acceptors (Lipinski definition) is 3. The van der Waals surface area contributed by atoms with E-state index in [-0.39, 0.29) is 11.6 Å². The Bertz CT molecular complexity index is 401. The van der Waals surface area contributed by atoms with E-state index < -0.39 is 0 Å². The topological polar surface area (TPSA) is 61.7 Å². The monoisotopic (exact) mass is 298 g/mol. The number of amides is 1. The van der Waals surface area contributed by atoms with E-state index >= 15 is 0 Å². The van der Waals surface area contributed by atoms with Crippen LogP contribution in [0.25, 0.3) is 0 Å². The lowest BCUT2D eigenvalue weighted by Crippen LogP contribution is -2.22. The molecule has 0 aliphatic rings. The van der Waals surface area contributed by atoms with Crippen LogP contribution in [0.3, 0.4) is 0 Å². The normalized spacial score (nSPS) is 11.3. The Morgan fingerprint density at radius 3 is 2.59 bits per heavy atom. The van der Waals surface area contributed by atoms with Crippen molar-refractivity contribution >= 4 is 33.2 Å². The van der Waals surface area contributed by atoms with E-state index in [2.05, 4.69) is 26.4 Å². The second kappa shape index (κ2) is 7.06. The van der Waals surface area contributed by atoms with Gasteiger partial charge in [0.05, 0.1) is 0 Å². The van der Waals surface area contributed by atoms with Gasteiger partial charge in [0.1, 0.15) is 5.71 Å². The van der Waals surface area contributed by atoms with Crippen molar-refractivity contribution in [3.8, 4) is 0 Å². The zero-order chi connectivity index (χ0) is 12.7. The molecular formula is C12H15BrN2O2. The maximum atomic E-state index is 11.7. The molecule has 1 aromatic carbocycles. The van der Waals surface area contributed by atoms with Gasteiger partial charge in [-0.05, 0) is 37.1 Å². The lowest BCUT2D eigenvalue weighted by molar-refractivity contribution is -0.110. The van der Waals surface area contributed by atoms with Gasteiger partial charge in [-0.1, -0.05) is 34.4 Å². The van der Waals surface area contributed by atoms with E-state index in [1.165, 1.54) is 0 Å². The maximum absolute atomic E-state index is 11.7. The number of halogens is 1. The summed E-state index contributed by atoms with van der Waals surface area (Å²) in [6.45, 7) is 2.02. The Labute approximate surface area is 109 Å². The lowest BCUT2D eigenvalue weighted by atomic mass is 10.1. The molecule has 0 atom stereocenters. The molecule has 5 heteroatoms.